The highest BCUT2D eigenvalue weighted by Gasteiger charge is 2.19. The number of carbonyl (C=O) groups excluding carboxylic acids is 1. The van der Waals surface area contributed by atoms with Gasteiger partial charge in [-0.3, -0.25) is 4.79 Å². The average Bonchev–Trinajstić information content (AvgIpc) is 3.19. The van der Waals surface area contributed by atoms with Crippen LogP contribution in [0.1, 0.15) is 34.1 Å². The lowest BCUT2D eigenvalue weighted by atomic mass is 10.1. The fraction of sp³-hybridized carbons (Fsp3) is 0.188. The molecule has 0 bridgehead atoms. The maximum Gasteiger partial charge on any atom is 0.261 e. The van der Waals surface area contributed by atoms with Crippen LogP contribution in [0.25, 0.3) is 11.4 Å². The van der Waals surface area contributed by atoms with Crippen molar-refractivity contribution in [3.05, 3.63) is 58.1 Å². The lowest BCUT2D eigenvalue weighted by Gasteiger charge is -2.08. The molecule has 0 aliphatic carbocycles. The van der Waals surface area contributed by atoms with Gasteiger partial charge in [0.25, 0.3) is 5.91 Å². The molecule has 2 heterocycles. The van der Waals surface area contributed by atoms with Gasteiger partial charge in [-0.1, -0.05) is 35.5 Å². The fourth-order valence-corrected chi connectivity index (χ4v) is 2.71. The zero-order valence-electron chi connectivity index (χ0n) is 12.2. The fourth-order valence-electron chi connectivity index (χ4n) is 2.08. The third-order valence-electron chi connectivity index (χ3n) is 3.29. The van der Waals surface area contributed by atoms with E-state index >= 15 is 0 Å². The van der Waals surface area contributed by atoms with Crippen molar-refractivity contribution in [2.45, 2.75) is 19.9 Å². The van der Waals surface area contributed by atoms with E-state index in [2.05, 4.69) is 15.5 Å². The first-order chi connectivity index (χ1) is 10.6. The Balaban J connectivity index is 1.76. The number of carbonyl (C=O) groups is 1. The number of nitrogens with one attached hydrogen (secondary N) is 1. The SMILES string of the molecule is Cc1ccccc1-c1noc(C(C)NC(=O)c2cccs2)n1. The van der Waals surface area contributed by atoms with Gasteiger partial charge in [0.1, 0.15) is 6.04 Å². The van der Waals surface area contributed by atoms with Crippen molar-refractivity contribution in [1.29, 1.82) is 0 Å². The van der Waals surface area contributed by atoms with Crippen LogP contribution in [-0.4, -0.2) is 16.0 Å². The van der Waals surface area contributed by atoms with Gasteiger partial charge in [-0.2, -0.15) is 4.98 Å². The van der Waals surface area contributed by atoms with Gasteiger partial charge in [0, 0.05) is 5.56 Å². The Hall–Kier alpha value is -2.47. The van der Waals surface area contributed by atoms with E-state index in [1.54, 1.807) is 6.07 Å². The number of hydrogen-bond donors (Lipinski definition) is 1. The zero-order valence-corrected chi connectivity index (χ0v) is 13.1. The second-order valence-corrected chi connectivity index (χ2v) is 5.89. The molecule has 0 saturated heterocycles. The number of hydrogen-bond acceptors (Lipinski definition) is 5. The van der Waals surface area contributed by atoms with Crippen LogP contribution in [-0.2, 0) is 0 Å². The molecule has 1 N–H and O–H groups in total. The van der Waals surface area contributed by atoms with Crippen molar-refractivity contribution in [3.63, 3.8) is 0 Å². The van der Waals surface area contributed by atoms with E-state index < -0.39 is 0 Å². The van der Waals surface area contributed by atoms with E-state index in [1.165, 1.54) is 11.3 Å². The minimum absolute atomic E-state index is 0.141. The predicted octanol–water partition coefficient (Wildman–Crippen LogP) is 3.60. The minimum atomic E-state index is -0.347. The molecule has 2 aromatic heterocycles. The molecule has 0 fully saturated rings. The third kappa shape index (κ3) is 2.92. The number of aryl methyl sites for hydroxylation is 1. The summed E-state index contributed by atoms with van der Waals surface area (Å²) in [7, 11) is 0. The number of benzene rings is 1. The van der Waals surface area contributed by atoms with E-state index in [4.69, 9.17) is 4.52 Å². The summed E-state index contributed by atoms with van der Waals surface area (Å²) in [4.78, 5) is 17.1. The summed E-state index contributed by atoms with van der Waals surface area (Å²) in [5.41, 5.74) is 2.00. The third-order valence-corrected chi connectivity index (χ3v) is 4.16. The van der Waals surface area contributed by atoms with Crippen LogP contribution < -0.4 is 5.32 Å². The van der Waals surface area contributed by atoms with Crippen molar-refractivity contribution in [3.8, 4) is 11.4 Å². The lowest BCUT2D eigenvalue weighted by Crippen LogP contribution is -2.26. The van der Waals surface area contributed by atoms with E-state index in [-0.39, 0.29) is 11.9 Å². The van der Waals surface area contributed by atoms with E-state index in [1.807, 2.05) is 49.6 Å². The van der Waals surface area contributed by atoms with Gasteiger partial charge >= 0.3 is 0 Å². The molecule has 0 aliphatic heterocycles. The molecule has 0 radical (unpaired) electrons. The van der Waals surface area contributed by atoms with Crippen molar-refractivity contribution in [2.75, 3.05) is 0 Å². The van der Waals surface area contributed by atoms with Crippen molar-refractivity contribution >= 4 is 17.2 Å². The molecule has 1 atom stereocenters. The Morgan fingerprint density at radius 3 is 2.82 bits per heavy atom. The molecule has 6 heteroatoms. The highest BCUT2D eigenvalue weighted by Crippen LogP contribution is 2.22. The number of rotatable bonds is 4. The Bertz CT molecular complexity index is 780. The summed E-state index contributed by atoms with van der Waals surface area (Å²) in [5.74, 6) is 0.784. The smallest absolute Gasteiger partial charge is 0.261 e. The van der Waals surface area contributed by atoms with Gasteiger partial charge in [-0.25, -0.2) is 0 Å². The topological polar surface area (TPSA) is 68.0 Å². The van der Waals surface area contributed by atoms with Crippen LogP contribution in [0.2, 0.25) is 0 Å². The van der Waals surface area contributed by atoms with Gasteiger partial charge in [-0.05, 0) is 30.9 Å². The second kappa shape index (κ2) is 6.11. The van der Waals surface area contributed by atoms with Crippen LogP contribution in [0.5, 0.6) is 0 Å². The molecule has 3 rings (SSSR count). The Kier molecular flexibility index (Phi) is 4.02. The summed E-state index contributed by atoms with van der Waals surface area (Å²) in [6.07, 6.45) is 0. The zero-order chi connectivity index (χ0) is 15.5. The quantitative estimate of drug-likeness (QED) is 0.799. The van der Waals surface area contributed by atoms with Crippen LogP contribution in [0.3, 0.4) is 0 Å². The van der Waals surface area contributed by atoms with Crippen LogP contribution in [0, 0.1) is 6.92 Å². The summed E-state index contributed by atoms with van der Waals surface area (Å²) in [6, 6.07) is 11.1. The molecule has 1 amide bonds. The first-order valence-electron chi connectivity index (χ1n) is 6.89. The van der Waals surface area contributed by atoms with Gasteiger partial charge in [0.2, 0.25) is 11.7 Å². The van der Waals surface area contributed by atoms with Crippen molar-refractivity contribution < 1.29 is 9.32 Å². The molecule has 3 aromatic rings. The molecule has 0 spiro atoms. The van der Waals surface area contributed by atoms with Crippen molar-refractivity contribution in [1.82, 2.24) is 15.5 Å². The highest BCUT2D eigenvalue weighted by atomic mass is 32.1. The highest BCUT2D eigenvalue weighted by molar-refractivity contribution is 7.12. The van der Waals surface area contributed by atoms with E-state index in [0.717, 1.165) is 11.1 Å². The second-order valence-electron chi connectivity index (χ2n) is 4.94. The summed E-state index contributed by atoms with van der Waals surface area (Å²) >= 11 is 1.39. The van der Waals surface area contributed by atoms with Gasteiger partial charge in [-0.15, -0.1) is 11.3 Å². The monoisotopic (exact) mass is 313 g/mol. The van der Waals surface area contributed by atoms with Crippen LogP contribution in [0.4, 0.5) is 0 Å². The van der Waals surface area contributed by atoms with Crippen LogP contribution in [0.15, 0.2) is 46.3 Å². The Morgan fingerprint density at radius 2 is 2.09 bits per heavy atom. The summed E-state index contributed by atoms with van der Waals surface area (Å²) in [5, 5.41) is 8.72. The predicted molar refractivity (Wildman–Crippen MR) is 84.7 cm³/mol. The molecular weight excluding hydrogens is 298 g/mol. The number of nitrogens with zero attached hydrogens (tertiary/aromatic N) is 2. The van der Waals surface area contributed by atoms with Gasteiger partial charge in [0.05, 0.1) is 4.88 Å². The summed E-state index contributed by atoms with van der Waals surface area (Å²) < 4.78 is 5.28. The van der Waals surface area contributed by atoms with Gasteiger partial charge < -0.3 is 9.84 Å². The largest absolute Gasteiger partial charge is 0.340 e. The van der Waals surface area contributed by atoms with E-state index in [0.29, 0.717) is 16.6 Å². The maximum absolute atomic E-state index is 12.0. The molecule has 5 nitrogen and oxygen atoms in total. The first-order valence-corrected chi connectivity index (χ1v) is 7.77. The molecule has 0 aliphatic rings. The van der Waals surface area contributed by atoms with Crippen LogP contribution >= 0.6 is 11.3 Å². The lowest BCUT2D eigenvalue weighted by molar-refractivity contribution is 0.0936. The number of amides is 1. The molecule has 1 unspecified atom stereocenters. The molecular formula is C16H15N3O2S. The number of aromatic nitrogens is 2. The molecule has 0 saturated carbocycles. The maximum atomic E-state index is 12.0. The molecule has 1 aromatic carbocycles. The van der Waals surface area contributed by atoms with Gasteiger partial charge in [0.15, 0.2) is 0 Å². The number of thiophene rings is 1. The standard InChI is InChI=1S/C16H15N3O2S/c1-10-6-3-4-7-12(10)14-18-16(21-19-14)11(2)17-15(20)13-8-5-9-22-13/h3-9,11H,1-2H3,(H,17,20). The Morgan fingerprint density at radius 1 is 1.27 bits per heavy atom. The Labute approximate surface area is 132 Å². The summed E-state index contributed by atoms with van der Waals surface area (Å²) in [6.45, 7) is 3.81. The molecule has 22 heavy (non-hydrogen) atoms. The average molecular weight is 313 g/mol. The minimum Gasteiger partial charge on any atom is -0.340 e. The normalized spacial score (nSPS) is 12.1. The molecule has 112 valence electrons. The van der Waals surface area contributed by atoms with E-state index in [9.17, 15) is 4.79 Å². The van der Waals surface area contributed by atoms with Crippen molar-refractivity contribution in [2.24, 2.45) is 0 Å². The first kappa shape index (κ1) is 14.5.